The molecule has 0 aliphatic rings. The lowest BCUT2D eigenvalue weighted by atomic mass is 10.1. The summed E-state index contributed by atoms with van der Waals surface area (Å²) in [6, 6.07) is 3.93. The Morgan fingerprint density at radius 2 is 1.95 bits per heavy atom. The lowest BCUT2D eigenvalue weighted by molar-refractivity contribution is 0.102. The first-order valence-corrected chi connectivity index (χ1v) is 6.99. The van der Waals surface area contributed by atoms with E-state index in [-0.39, 0.29) is 16.3 Å². The van der Waals surface area contributed by atoms with Gasteiger partial charge in [0.25, 0.3) is 5.91 Å². The molecule has 0 bridgehead atoms. The number of nitrogens with one attached hydrogen (secondary N) is 2. The summed E-state index contributed by atoms with van der Waals surface area (Å²) in [7, 11) is 0. The molecule has 0 aliphatic heterocycles. The molecule has 2 rings (SSSR count). The predicted octanol–water partition coefficient (Wildman–Crippen LogP) is 3.73. The van der Waals surface area contributed by atoms with Gasteiger partial charge in [-0.05, 0) is 39.0 Å². The monoisotopic (exact) mass is 322 g/mol. The van der Waals surface area contributed by atoms with Crippen molar-refractivity contribution in [3.05, 3.63) is 47.1 Å². The normalized spacial score (nSPS) is 11.1. The van der Waals surface area contributed by atoms with Crippen LogP contribution in [0.2, 0.25) is 5.02 Å². The molecule has 1 amide bonds. The summed E-state index contributed by atoms with van der Waals surface area (Å²) in [4.78, 5) is 20.2. The molecule has 0 radical (unpaired) electrons. The third-order valence-electron chi connectivity index (χ3n) is 2.57. The van der Waals surface area contributed by atoms with Gasteiger partial charge < -0.3 is 10.6 Å². The Morgan fingerprint density at radius 3 is 2.50 bits per heavy atom. The van der Waals surface area contributed by atoms with Crippen LogP contribution in [-0.4, -0.2) is 21.4 Å². The Kier molecular flexibility index (Phi) is 4.61. The maximum atomic E-state index is 13.1. The van der Waals surface area contributed by atoms with Gasteiger partial charge >= 0.3 is 0 Å². The molecular formula is C15H16ClFN4O. The predicted molar refractivity (Wildman–Crippen MR) is 84.8 cm³/mol. The van der Waals surface area contributed by atoms with Gasteiger partial charge in [-0.15, -0.1) is 0 Å². The van der Waals surface area contributed by atoms with Crippen LogP contribution in [0.15, 0.2) is 30.6 Å². The number of aromatic nitrogens is 2. The number of nitrogens with zero attached hydrogens (tertiary/aromatic N) is 2. The molecule has 0 saturated carbocycles. The van der Waals surface area contributed by atoms with Crippen LogP contribution >= 0.6 is 11.6 Å². The summed E-state index contributed by atoms with van der Waals surface area (Å²) in [6.07, 6.45) is 2.85. The minimum Gasteiger partial charge on any atom is -0.364 e. The number of anilines is 2. The highest BCUT2D eigenvalue weighted by atomic mass is 35.5. The quantitative estimate of drug-likeness (QED) is 0.903. The molecule has 7 heteroatoms. The van der Waals surface area contributed by atoms with E-state index in [0.717, 1.165) is 0 Å². The molecule has 0 atom stereocenters. The van der Waals surface area contributed by atoms with Crippen LogP contribution in [-0.2, 0) is 0 Å². The van der Waals surface area contributed by atoms with E-state index < -0.39 is 11.7 Å². The van der Waals surface area contributed by atoms with Crippen molar-refractivity contribution in [2.24, 2.45) is 0 Å². The van der Waals surface area contributed by atoms with Gasteiger partial charge in [0.05, 0.1) is 17.4 Å². The Balaban J connectivity index is 2.08. The van der Waals surface area contributed by atoms with Crippen LogP contribution in [0.1, 0.15) is 31.3 Å². The Morgan fingerprint density at radius 1 is 1.23 bits per heavy atom. The van der Waals surface area contributed by atoms with Gasteiger partial charge in [0.1, 0.15) is 17.3 Å². The van der Waals surface area contributed by atoms with E-state index in [1.165, 1.54) is 30.6 Å². The van der Waals surface area contributed by atoms with Gasteiger partial charge in [-0.2, -0.15) is 0 Å². The molecule has 5 nitrogen and oxygen atoms in total. The first-order chi connectivity index (χ1) is 10.2. The van der Waals surface area contributed by atoms with E-state index in [1.54, 1.807) is 0 Å². The van der Waals surface area contributed by atoms with Gasteiger partial charge in [-0.25, -0.2) is 14.4 Å². The molecule has 0 fully saturated rings. The summed E-state index contributed by atoms with van der Waals surface area (Å²) in [6.45, 7) is 5.98. The number of carbonyl (C=O) groups is 1. The van der Waals surface area contributed by atoms with Gasteiger partial charge in [0.15, 0.2) is 0 Å². The third kappa shape index (κ3) is 4.39. The van der Waals surface area contributed by atoms with Crippen LogP contribution in [0.5, 0.6) is 0 Å². The molecule has 1 heterocycles. The number of halogens is 2. The van der Waals surface area contributed by atoms with E-state index >= 15 is 0 Å². The summed E-state index contributed by atoms with van der Waals surface area (Å²) in [5.74, 6) is -0.413. The van der Waals surface area contributed by atoms with Crippen LogP contribution in [0.3, 0.4) is 0 Å². The van der Waals surface area contributed by atoms with E-state index in [1.807, 2.05) is 20.8 Å². The molecule has 1 aromatic heterocycles. The smallest absolute Gasteiger partial charge is 0.275 e. The summed E-state index contributed by atoms with van der Waals surface area (Å²) < 4.78 is 13.1. The van der Waals surface area contributed by atoms with E-state index in [2.05, 4.69) is 20.6 Å². The molecule has 2 N–H and O–H groups in total. The SMILES string of the molecule is CC(C)(C)Nc1cnc(C(=O)Nc2ccc(F)c(Cl)c2)cn1. The summed E-state index contributed by atoms with van der Waals surface area (Å²) >= 11 is 5.66. The number of carbonyl (C=O) groups excluding carboxylic acids is 1. The average molecular weight is 323 g/mol. The zero-order chi connectivity index (χ0) is 16.3. The maximum absolute atomic E-state index is 13.1. The highest BCUT2D eigenvalue weighted by Crippen LogP contribution is 2.19. The van der Waals surface area contributed by atoms with Gasteiger partial charge in [0, 0.05) is 11.2 Å². The van der Waals surface area contributed by atoms with Gasteiger partial charge in [0.2, 0.25) is 0 Å². The van der Waals surface area contributed by atoms with Gasteiger partial charge in [-0.1, -0.05) is 11.6 Å². The molecule has 0 aliphatic carbocycles. The fourth-order valence-electron chi connectivity index (χ4n) is 1.66. The van der Waals surface area contributed by atoms with Crippen molar-refractivity contribution in [2.45, 2.75) is 26.3 Å². The summed E-state index contributed by atoms with van der Waals surface area (Å²) in [5, 5.41) is 5.67. The van der Waals surface area contributed by atoms with Crippen molar-refractivity contribution >= 4 is 29.0 Å². The maximum Gasteiger partial charge on any atom is 0.275 e. The highest BCUT2D eigenvalue weighted by molar-refractivity contribution is 6.31. The molecular weight excluding hydrogens is 307 g/mol. The fourth-order valence-corrected chi connectivity index (χ4v) is 1.84. The Hall–Kier alpha value is -2.21. The fraction of sp³-hybridized carbons (Fsp3) is 0.267. The molecule has 0 spiro atoms. The number of amides is 1. The molecule has 2 aromatic rings. The second-order valence-corrected chi connectivity index (χ2v) is 6.15. The topological polar surface area (TPSA) is 66.9 Å². The van der Waals surface area contributed by atoms with Crippen LogP contribution in [0.25, 0.3) is 0 Å². The molecule has 22 heavy (non-hydrogen) atoms. The van der Waals surface area contributed by atoms with Crippen LogP contribution < -0.4 is 10.6 Å². The minimum absolute atomic E-state index is 0.0615. The first kappa shape index (κ1) is 16.2. The Bertz CT molecular complexity index is 683. The van der Waals surface area contributed by atoms with Crippen molar-refractivity contribution in [3.63, 3.8) is 0 Å². The van der Waals surface area contributed by atoms with Crippen molar-refractivity contribution < 1.29 is 9.18 Å². The van der Waals surface area contributed by atoms with Crippen LogP contribution in [0, 0.1) is 5.82 Å². The second-order valence-electron chi connectivity index (χ2n) is 5.74. The molecule has 0 saturated heterocycles. The average Bonchev–Trinajstić information content (AvgIpc) is 2.42. The lowest BCUT2D eigenvalue weighted by Crippen LogP contribution is -2.27. The molecule has 1 aromatic carbocycles. The van der Waals surface area contributed by atoms with E-state index in [0.29, 0.717) is 11.5 Å². The van der Waals surface area contributed by atoms with Gasteiger partial charge in [-0.3, -0.25) is 4.79 Å². The first-order valence-electron chi connectivity index (χ1n) is 6.61. The number of hydrogen-bond acceptors (Lipinski definition) is 4. The lowest BCUT2D eigenvalue weighted by Gasteiger charge is -2.20. The zero-order valence-corrected chi connectivity index (χ0v) is 13.2. The number of rotatable bonds is 3. The number of benzene rings is 1. The third-order valence-corrected chi connectivity index (χ3v) is 2.85. The number of hydrogen-bond donors (Lipinski definition) is 2. The zero-order valence-electron chi connectivity index (χ0n) is 12.4. The Labute approximate surface area is 132 Å². The van der Waals surface area contributed by atoms with E-state index in [4.69, 9.17) is 11.6 Å². The molecule has 0 unspecified atom stereocenters. The highest BCUT2D eigenvalue weighted by Gasteiger charge is 2.13. The van der Waals surface area contributed by atoms with Crippen LogP contribution in [0.4, 0.5) is 15.9 Å². The second kappa shape index (κ2) is 6.27. The van der Waals surface area contributed by atoms with Crippen molar-refractivity contribution in [3.8, 4) is 0 Å². The van der Waals surface area contributed by atoms with E-state index in [9.17, 15) is 9.18 Å². The molecule has 116 valence electrons. The minimum atomic E-state index is -0.544. The van der Waals surface area contributed by atoms with Crippen molar-refractivity contribution in [1.29, 1.82) is 0 Å². The largest absolute Gasteiger partial charge is 0.364 e. The summed E-state index contributed by atoms with van der Waals surface area (Å²) in [5.41, 5.74) is 0.388. The standard InChI is InChI=1S/C15H16ClFN4O/c1-15(2,3)21-13-8-18-12(7-19-13)14(22)20-9-4-5-11(17)10(16)6-9/h4-8H,1-3H3,(H,19,21)(H,20,22). The van der Waals surface area contributed by atoms with Crippen molar-refractivity contribution in [1.82, 2.24) is 9.97 Å². The van der Waals surface area contributed by atoms with Crippen molar-refractivity contribution in [2.75, 3.05) is 10.6 Å².